The molecule has 1 saturated heterocycles. The number of amides is 2. The molecule has 1 N–H and O–H groups in total. The van der Waals surface area contributed by atoms with Gasteiger partial charge in [-0.05, 0) is 30.3 Å². The molecule has 3 aromatic rings. The molecular weight excluding hydrogens is 323 g/mol. The van der Waals surface area contributed by atoms with Gasteiger partial charge in [0.2, 0.25) is 5.91 Å². The molecule has 0 radical (unpaired) electrons. The van der Waals surface area contributed by atoms with Gasteiger partial charge in [0.25, 0.3) is 5.91 Å². The molecule has 0 saturated carbocycles. The third-order valence-corrected chi connectivity index (χ3v) is 4.23. The van der Waals surface area contributed by atoms with Crippen LogP contribution in [0, 0.1) is 5.82 Å². The van der Waals surface area contributed by atoms with E-state index in [9.17, 15) is 14.0 Å². The number of rotatable bonds is 3. The maximum Gasteiger partial charge on any atom is 0.287 e. The first kappa shape index (κ1) is 15.4. The van der Waals surface area contributed by atoms with E-state index in [0.717, 1.165) is 5.39 Å². The van der Waals surface area contributed by atoms with E-state index in [0.29, 0.717) is 17.8 Å². The van der Waals surface area contributed by atoms with Crippen LogP contribution in [0.15, 0.2) is 59.0 Å². The van der Waals surface area contributed by atoms with Gasteiger partial charge in [0.15, 0.2) is 5.76 Å². The Bertz CT molecular complexity index is 933. The molecule has 2 heterocycles. The number of anilines is 1. The summed E-state index contributed by atoms with van der Waals surface area (Å²) in [6, 6.07) is 14.5. The van der Waals surface area contributed by atoms with Crippen LogP contribution >= 0.6 is 0 Å². The van der Waals surface area contributed by atoms with E-state index >= 15 is 0 Å². The molecule has 0 unspecified atom stereocenters. The third-order valence-electron chi connectivity index (χ3n) is 4.23. The van der Waals surface area contributed by atoms with Crippen LogP contribution in [0.3, 0.4) is 0 Å². The van der Waals surface area contributed by atoms with E-state index < -0.39 is 5.82 Å². The van der Waals surface area contributed by atoms with Crippen molar-refractivity contribution in [2.24, 2.45) is 0 Å². The molecule has 4 rings (SSSR count). The minimum atomic E-state index is -0.403. The first-order valence-corrected chi connectivity index (χ1v) is 7.95. The van der Waals surface area contributed by atoms with Gasteiger partial charge < -0.3 is 14.6 Å². The van der Waals surface area contributed by atoms with Crippen molar-refractivity contribution in [2.45, 2.75) is 12.5 Å². The number of para-hydroxylation sites is 1. The summed E-state index contributed by atoms with van der Waals surface area (Å²) in [4.78, 5) is 26.0. The van der Waals surface area contributed by atoms with Gasteiger partial charge in [0, 0.05) is 24.0 Å². The summed E-state index contributed by atoms with van der Waals surface area (Å²) in [5, 5.41) is 3.66. The lowest BCUT2D eigenvalue weighted by Gasteiger charge is -2.17. The van der Waals surface area contributed by atoms with Gasteiger partial charge in [0.1, 0.15) is 11.4 Å². The van der Waals surface area contributed by atoms with Crippen molar-refractivity contribution in [1.29, 1.82) is 0 Å². The molecule has 2 aromatic carbocycles. The molecule has 0 spiro atoms. The number of carbonyl (C=O) groups is 2. The standard InChI is InChI=1S/C19H15FN2O3/c20-13-5-3-6-15(9-13)22-11-14(10-18(22)23)21-19(24)17-8-12-4-1-2-7-16(12)25-17/h1-9,14H,10-11H2,(H,21,24)/t14-/m0/s1. The fourth-order valence-electron chi connectivity index (χ4n) is 3.05. The highest BCUT2D eigenvalue weighted by atomic mass is 19.1. The number of furan rings is 1. The molecule has 2 amide bonds. The van der Waals surface area contributed by atoms with Crippen molar-refractivity contribution in [3.63, 3.8) is 0 Å². The number of carbonyl (C=O) groups excluding carboxylic acids is 2. The van der Waals surface area contributed by atoms with Gasteiger partial charge >= 0.3 is 0 Å². The smallest absolute Gasteiger partial charge is 0.287 e. The quantitative estimate of drug-likeness (QED) is 0.798. The maximum absolute atomic E-state index is 13.4. The van der Waals surface area contributed by atoms with Crippen LogP contribution in [0.1, 0.15) is 17.0 Å². The Morgan fingerprint density at radius 2 is 2.00 bits per heavy atom. The Morgan fingerprint density at radius 1 is 1.16 bits per heavy atom. The Balaban J connectivity index is 1.48. The minimum absolute atomic E-state index is 0.152. The van der Waals surface area contributed by atoms with Gasteiger partial charge in [-0.2, -0.15) is 0 Å². The Morgan fingerprint density at radius 3 is 2.80 bits per heavy atom. The van der Waals surface area contributed by atoms with Crippen LogP contribution in [0.25, 0.3) is 11.0 Å². The first-order chi connectivity index (χ1) is 12.1. The van der Waals surface area contributed by atoms with E-state index in [1.807, 2.05) is 18.2 Å². The zero-order valence-electron chi connectivity index (χ0n) is 13.2. The number of hydrogen-bond acceptors (Lipinski definition) is 3. The molecule has 1 aliphatic heterocycles. The topological polar surface area (TPSA) is 62.6 Å². The van der Waals surface area contributed by atoms with Crippen LogP contribution in [-0.4, -0.2) is 24.4 Å². The molecule has 1 aromatic heterocycles. The van der Waals surface area contributed by atoms with Crippen LogP contribution in [0.4, 0.5) is 10.1 Å². The second-order valence-electron chi connectivity index (χ2n) is 6.01. The monoisotopic (exact) mass is 338 g/mol. The highest BCUT2D eigenvalue weighted by molar-refractivity contribution is 5.99. The lowest BCUT2D eigenvalue weighted by molar-refractivity contribution is -0.117. The summed E-state index contributed by atoms with van der Waals surface area (Å²) in [6.07, 6.45) is 0.169. The van der Waals surface area contributed by atoms with Crippen molar-refractivity contribution in [3.8, 4) is 0 Å². The van der Waals surface area contributed by atoms with E-state index in [2.05, 4.69) is 5.32 Å². The van der Waals surface area contributed by atoms with Crippen molar-refractivity contribution in [1.82, 2.24) is 5.32 Å². The molecular formula is C19H15FN2O3. The predicted octanol–water partition coefficient (Wildman–Crippen LogP) is 3.11. The van der Waals surface area contributed by atoms with Crippen LogP contribution in [0.5, 0.6) is 0 Å². The van der Waals surface area contributed by atoms with Crippen LogP contribution in [-0.2, 0) is 4.79 Å². The van der Waals surface area contributed by atoms with Crippen molar-refractivity contribution in [2.75, 3.05) is 11.4 Å². The van der Waals surface area contributed by atoms with Crippen molar-refractivity contribution < 1.29 is 18.4 Å². The Kier molecular flexibility index (Phi) is 3.72. The SMILES string of the molecule is O=C(N[C@H]1CC(=O)N(c2cccc(F)c2)C1)c1cc2ccccc2o1. The minimum Gasteiger partial charge on any atom is -0.451 e. The zero-order chi connectivity index (χ0) is 17.4. The summed E-state index contributed by atoms with van der Waals surface area (Å²) < 4.78 is 18.9. The van der Waals surface area contributed by atoms with E-state index in [1.165, 1.54) is 17.0 Å². The normalized spacial score (nSPS) is 17.2. The van der Waals surface area contributed by atoms with Gasteiger partial charge in [0.05, 0.1) is 6.04 Å². The first-order valence-electron chi connectivity index (χ1n) is 7.95. The number of halogens is 1. The van der Waals surface area contributed by atoms with Gasteiger partial charge in [-0.15, -0.1) is 0 Å². The van der Waals surface area contributed by atoms with Gasteiger partial charge in [-0.3, -0.25) is 9.59 Å². The summed E-state index contributed by atoms with van der Waals surface area (Å²) in [6.45, 7) is 0.300. The molecule has 1 atom stereocenters. The molecule has 126 valence electrons. The highest BCUT2D eigenvalue weighted by Crippen LogP contribution is 2.23. The Hall–Kier alpha value is -3.15. The fraction of sp³-hybridized carbons (Fsp3) is 0.158. The van der Waals surface area contributed by atoms with Crippen molar-refractivity contribution >= 4 is 28.5 Å². The molecule has 5 nitrogen and oxygen atoms in total. The fourth-order valence-corrected chi connectivity index (χ4v) is 3.05. The number of fused-ring (bicyclic) bond motifs is 1. The van der Waals surface area contributed by atoms with E-state index in [-0.39, 0.29) is 30.0 Å². The molecule has 1 fully saturated rings. The zero-order valence-corrected chi connectivity index (χ0v) is 13.2. The molecule has 25 heavy (non-hydrogen) atoms. The number of hydrogen-bond donors (Lipinski definition) is 1. The van der Waals surface area contributed by atoms with E-state index in [1.54, 1.807) is 24.3 Å². The second-order valence-corrected chi connectivity index (χ2v) is 6.01. The lowest BCUT2D eigenvalue weighted by atomic mass is 10.2. The van der Waals surface area contributed by atoms with Crippen molar-refractivity contribution in [3.05, 3.63) is 66.2 Å². The van der Waals surface area contributed by atoms with Crippen LogP contribution in [0.2, 0.25) is 0 Å². The lowest BCUT2D eigenvalue weighted by Crippen LogP contribution is -2.37. The molecule has 1 aliphatic rings. The maximum atomic E-state index is 13.4. The second kappa shape index (κ2) is 6.05. The molecule has 0 bridgehead atoms. The summed E-state index contributed by atoms with van der Waals surface area (Å²) in [7, 11) is 0. The van der Waals surface area contributed by atoms with Gasteiger partial charge in [-0.1, -0.05) is 24.3 Å². The average molecular weight is 338 g/mol. The summed E-state index contributed by atoms with van der Waals surface area (Å²) >= 11 is 0. The Labute approximate surface area is 143 Å². The number of benzene rings is 2. The highest BCUT2D eigenvalue weighted by Gasteiger charge is 2.32. The molecule has 0 aliphatic carbocycles. The van der Waals surface area contributed by atoms with Gasteiger partial charge in [-0.25, -0.2) is 4.39 Å². The average Bonchev–Trinajstić information content (AvgIpc) is 3.18. The predicted molar refractivity (Wildman–Crippen MR) is 90.8 cm³/mol. The van der Waals surface area contributed by atoms with Crippen LogP contribution < -0.4 is 10.2 Å². The number of nitrogens with one attached hydrogen (secondary N) is 1. The molecule has 6 heteroatoms. The third kappa shape index (κ3) is 2.98. The largest absolute Gasteiger partial charge is 0.451 e. The summed E-state index contributed by atoms with van der Waals surface area (Å²) in [5.41, 5.74) is 1.13. The van der Waals surface area contributed by atoms with E-state index in [4.69, 9.17) is 4.42 Å². The summed E-state index contributed by atoms with van der Waals surface area (Å²) in [5.74, 6) is -0.714. The number of nitrogens with zero attached hydrogens (tertiary/aromatic N) is 1.